The van der Waals surface area contributed by atoms with Gasteiger partial charge >= 0.3 is 6.18 Å². The lowest BCUT2D eigenvalue weighted by Crippen LogP contribution is -2.40. The minimum atomic E-state index is -4.53. The number of aromatic nitrogens is 3. The normalized spacial score (nSPS) is 22.4. The van der Waals surface area contributed by atoms with Crippen LogP contribution in [-0.4, -0.2) is 43.9 Å². The number of amides is 1. The molecule has 166 valence electrons. The highest BCUT2D eigenvalue weighted by molar-refractivity contribution is 6.01. The third kappa shape index (κ3) is 3.49. The van der Waals surface area contributed by atoms with E-state index in [0.29, 0.717) is 29.6 Å². The summed E-state index contributed by atoms with van der Waals surface area (Å²) in [6.07, 6.45) is 2.67. The first-order valence-corrected chi connectivity index (χ1v) is 10.3. The largest absolute Gasteiger partial charge is 0.444 e. The van der Waals surface area contributed by atoms with E-state index in [2.05, 4.69) is 20.3 Å². The highest BCUT2D eigenvalue weighted by Crippen LogP contribution is 2.41. The smallest absolute Gasteiger partial charge is 0.434 e. The lowest BCUT2D eigenvalue weighted by Gasteiger charge is -2.26. The van der Waals surface area contributed by atoms with Crippen molar-refractivity contribution >= 4 is 11.7 Å². The van der Waals surface area contributed by atoms with Crippen LogP contribution in [-0.2, 0) is 6.18 Å². The second kappa shape index (κ2) is 7.61. The first-order valence-electron chi connectivity index (χ1n) is 10.3. The van der Waals surface area contributed by atoms with Crippen LogP contribution >= 0.6 is 0 Å². The Bertz CT molecular complexity index is 1130. The number of hydrogen-bond acceptors (Lipinski definition) is 6. The fourth-order valence-electron chi connectivity index (χ4n) is 4.82. The number of nitrogens with zero attached hydrogens (tertiary/aromatic N) is 4. The van der Waals surface area contributed by atoms with Crippen LogP contribution in [0.1, 0.15) is 40.9 Å². The minimum Gasteiger partial charge on any atom is -0.444 e. The van der Waals surface area contributed by atoms with Gasteiger partial charge in [-0.15, -0.1) is 0 Å². The Morgan fingerprint density at radius 1 is 1.19 bits per heavy atom. The van der Waals surface area contributed by atoms with Gasteiger partial charge in [-0.2, -0.15) is 13.2 Å². The zero-order valence-electron chi connectivity index (χ0n) is 17.1. The van der Waals surface area contributed by atoms with Crippen molar-refractivity contribution in [3.05, 3.63) is 59.9 Å². The van der Waals surface area contributed by atoms with Crippen molar-refractivity contribution in [3.8, 4) is 11.5 Å². The van der Waals surface area contributed by atoms with Crippen LogP contribution in [0.2, 0.25) is 0 Å². The molecule has 0 radical (unpaired) electrons. The average Bonchev–Trinajstić information content (AvgIpc) is 3.49. The minimum absolute atomic E-state index is 0.0466. The Balaban J connectivity index is 1.38. The molecule has 0 aliphatic carbocycles. The Labute approximate surface area is 181 Å². The molecule has 2 bridgehead atoms. The number of carbonyl (C=O) groups is 1. The monoisotopic (exact) mass is 443 g/mol. The number of anilines is 1. The zero-order chi connectivity index (χ0) is 22.5. The predicted molar refractivity (Wildman–Crippen MR) is 109 cm³/mol. The molecule has 1 amide bonds. The fraction of sp³-hybridized carbons (Fsp3) is 0.364. The highest BCUT2D eigenvalue weighted by Gasteiger charge is 2.49. The molecule has 3 aromatic rings. The predicted octanol–water partition coefficient (Wildman–Crippen LogP) is 4.32. The van der Waals surface area contributed by atoms with Gasteiger partial charge in [-0.25, -0.2) is 15.0 Å². The van der Waals surface area contributed by atoms with Crippen LogP contribution < -0.4 is 5.32 Å². The van der Waals surface area contributed by atoms with E-state index in [1.54, 1.807) is 12.3 Å². The maximum Gasteiger partial charge on any atom is 0.434 e. The van der Waals surface area contributed by atoms with E-state index in [1.807, 2.05) is 24.0 Å². The Morgan fingerprint density at radius 3 is 2.72 bits per heavy atom. The van der Waals surface area contributed by atoms with Gasteiger partial charge in [0.1, 0.15) is 12.1 Å². The summed E-state index contributed by atoms with van der Waals surface area (Å²) in [6.45, 7) is 1.91. The number of oxazole rings is 1. The number of nitrogens with one attached hydrogen (secondary N) is 1. The van der Waals surface area contributed by atoms with Crippen LogP contribution in [0.5, 0.6) is 0 Å². The van der Waals surface area contributed by atoms with Gasteiger partial charge in [-0.05, 0) is 37.8 Å². The van der Waals surface area contributed by atoms with Crippen molar-refractivity contribution in [1.82, 2.24) is 19.9 Å². The average molecular weight is 443 g/mol. The molecule has 0 saturated carbocycles. The number of aryl methyl sites for hydroxylation is 1. The molecule has 10 heteroatoms. The van der Waals surface area contributed by atoms with Crippen LogP contribution in [0.15, 0.2) is 47.5 Å². The molecule has 1 N–H and O–H groups in total. The summed E-state index contributed by atoms with van der Waals surface area (Å²) in [5, 5.41) is 3.18. The van der Waals surface area contributed by atoms with Gasteiger partial charge in [0.15, 0.2) is 5.69 Å². The number of carbonyl (C=O) groups excluding carboxylic acids is 1. The highest BCUT2D eigenvalue weighted by atomic mass is 19.4. The maximum atomic E-state index is 13.6. The first-order chi connectivity index (χ1) is 15.3. The Morgan fingerprint density at radius 2 is 2.03 bits per heavy atom. The van der Waals surface area contributed by atoms with E-state index in [0.717, 1.165) is 24.6 Å². The SMILES string of the molecule is Cc1cccc(C(=O)N2[C@@H]3CC[C@H]2[C@H](Nc2cnc(C(F)(F)F)cn2)C3)c1-c1ncco1. The van der Waals surface area contributed by atoms with Gasteiger partial charge in [0.05, 0.1) is 41.8 Å². The second-order valence-corrected chi connectivity index (χ2v) is 8.12. The van der Waals surface area contributed by atoms with E-state index >= 15 is 0 Å². The number of fused-ring (bicyclic) bond motifs is 2. The maximum absolute atomic E-state index is 13.6. The van der Waals surface area contributed by atoms with Crippen molar-refractivity contribution in [2.75, 3.05) is 5.32 Å². The molecule has 0 unspecified atom stereocenters. The molecule has 3 atom stereocenters. The van der Waals surface area contributed by atoms with Gasteiger partial charge in [0, 0.05) is 6.04 Å². The summed E-state index contributed by atoms with van der Waals surface area (Å²) in [5.74, 6) is 0.559. The summed E-state index contributed by atoms with van der Waals surface area (Å²) in [5.41, 5.74) is 1.05. The van der Waals surface area contributed by atoms with E-state index in [4.69, 9.17) is 4.42 Å². The number of halogens is 3. The molecule has 5 rings (SSSR count). The molecule has 2 saturated heterocycles. The Kier molecular flexibility index (Phi) is 4.87. The summed E-state index contributed by atoms with van der Waals surface area (Å²) in [6, 6.07) is 5.36. The molecule has 32 heavy (non-hydrogen) atoms. The zero-order valence-corrected chi connectivity index (χ0v) is 17.1. The van der Waals surface area contributed by atoms with Crippen molar-refractivity contribution in [2.45, 2.75) is 50.5 Å². The molecule has 2 aromatic heterocycles. The van der Waals surface area contributed by atoms with Gasteiger partial charge in [0.25, 0.3) is 5.91 Å². The molecular formula is C22H20F3N5O2. The fourth-order valence-corrected chi connectivity index (χ4v) is 4.82. The second-order valence-electron chi connectivity index (χ2n) is 8.12. The van der Waals surface area contributed by atoms with E-state index in [9.17, 15) is 18.0 Å². The molecule has 2 aliphatic heterocycles. The van der Waals surface area contributed by atoms with E-state index in [-0.39, 0.29) is 29.9 Å². The third-order valence-corrected chi connectivity index (χ3v) is 6.20. The third-order valence-electron chi connectivity index (χ3n) is 6.20. The van der Waals surface area contributed by atoms with Crippen LogP contribution in [0.4, 0.5) is 19.0 Å². The summed E-state index contributed by atoms with van der Waals surface area (Å²) in [4.78, 5) is 27.0. The van der Waals surface area contributed by atoms with Crippen molar-refractivity contribution in [2.24, 2.45) is 0 Å². The molecule has 7 nitrogen and oxygen atoms in total. The standard InChI is InChI=1S/C22H20F3N5O2/c1-12-3-2-4-14(19(12)20-26-7-8-32-20)21(31)30-13-5-6-16(30)15(9-13)29-18-11-27-17(10-28-18)22(23,24)25/h2-4,7-8,10-11,13,15-16H,5-6,9H2,1H3,(H,28,29)/t13-,15-,16+/m1/s1. The molecule has 0 spiro atoms. The van der Waals surface area contributed by atoms with E-state index in [1.165, 1.54) is 6.26 Å². The molecule has 4 heterocycles. The van der Waals surface area contributed by atoms with Crippen molar-refractivity contribution < 1.29 is 22.4 Å². The number of hydrogen-bond donors (Lipinski definition) is 1. The van der Waals surface area contributed by atoms with Crippen molar-refractivity contribution in [3.63, 3.8) is 0 Å². The van der Waals surface area contributed by atoms with Crippen LogP contribution in [0, 0.1) is 6.92 Å². The van der Waals surface area contributed by atoms with Crippen molar-refractivity contribution in [1.29, 1.82) is 0 Å². The van der Waals surface area contributed by atoms with Gasteiger partial charge in [0.2, 0.25) is 5.89 Å². The summed E-state index contributed by atoms with van der Waals surface area (Å²) in [7, 11) is 0. The molecule has 1 aromatic carbocycles. The lowest BCUT2D eigenvalue weighted by molar-refractivity contribution is -0.141. The van der Waals surface area contributed by atoms with Gasteiger partial charge in [-0.3, -0.25) is 4.79 Å². The van der Waals surface area contributed by atoms with E-state index < -0.39 is 11.9 Å². The first kappa shape index (κ1) is 20.5. The molecular weight excluding hydrogens is 423 g/mol. The number of benzene rings is 1. The quantitative estimate of drug-likeness (QED) is 0.647. The number of alkyl halides is 3. The summed E-state index contributed by atoms with van der Waals surface area (Å²) >= 11 is 0. The van der Waals surface area contributed by atoms with Gasteiger partial charge < -0.3 is 14.6 Å². The van der Waals surface area contributed by atoms with Crippen LogP contribution in [0.3, 0.4) is 0 Å². The summed E-state index contributed by atoms with van der Waals surface area (Å²) < 4.78 is 43.7. The molecule has 2 aliphatic rings. The number of rotatable bonds is 4. The van der Waals surface area contributed by atoms with Gasteiger partial charge in [-0.1, -0.05) is 12.1 Å². The Hall–Kier alpha value is -3.43. The van der Waals surface area contributed by atoms with Crippen LogP contribution in [0.25, 0.3) is 11.5 Å². The lowest BCUT2D eigenvalue weighted by atomic mass is 9.95. The topological polar surface area (TPSA) is 84.2 Å². The molecule has 2 fully saturated rings.